The number of carbonyl (C=O) groups is 1. The van der Waals surface area contributed by atoms with E-state index < -0.39 is 0 Å². The predicted octanol–water partition coefficient (Wildman–Crippen LogP) is 1.61. The van der Waals surface area contributed by atoms with E-state index in [1.165, 1.54) is 0 Å². The van der Waals surface area contributed by atoms with Gasteiger partial charge in [-0.3, -0.25) is 4.79 Å². The summed E-state index contributed by atoms with van der Waals surface area (Å²) < 4.78 is 16.6. The Kier molecular flexibility index (Phi) is 3.30. The molecule has 1 saturated heterocycles. The van der Waals surface area contributed by atoms with Crippen LogP contribution in [0.25, 0.3) is 0 Å². The third-order valence-electron chi connectivity index (χ3n) is 3.35. The lowest BCUT2D eigenvalue weighted by Crippen LogP contribution is -2.33. The first-order valence-electron chi connectivity index (χ1n) is 6.32. The van der Waals surface area contributed by atoms with Crippen LogP contribution in [0.5, 0.6) is 5.75 Å². The van der Waals surface area contributed by atoms with Crippen LogP contribution in [-0.4, -0.2) is 38.3 Å². The molecule has 0 aromatic heterocycles. The van der Waals surface area contributed by atoms with Gasteiger partial charge in [-0.2, -0.15) is 0 Å². The second-order valence-corrected chi connectivity index (χ2v) is 4.58. The molecular formula is C14H16O4. The van der Waals surface area contributed by atoms with E-state index in [-0.39, 0.29) is 11.9 Å². The number of rotatable bonds is 3. The molecule has 1 aromatic rings. The van der Waals surface area contributed by atoms with Crippen molar-refractivity contribution in [1.29, 1.82) is 0 Å². The summed E-state index contributed by atoms with van der Waals surface area (Å²) in [6.45, 7) is 2.34. The van der Waals surface area contributed by atoms with E-state index in [1.807, 2.05) is 18.2 Å². The average Bonchev–Trinajstić information content (AvgIpc) is 2.80. The normalized spacial score (nSPS) is 22.9. The largest absolute Gasteiger partial charge is 0.490 e. The van der Waals surface area contributed by atoms with Gasteiger partial charge in [0.1, 0.15) is 18.5 Å². The predicted molar refractivity (Wildman–Crippen MR) is 65.1 cm³/mol. The van der Waals surface area contributed by atoms with Crippen LogP contribution in [0.3, 0.4) is 0 Å². The van der Waals surface area contributed by atoms with E-state index in [9.17, 15) is 4.79 Å². The van der Waals surface area contributed by atoms with Gasteiger partial charge >= 0.3 is 0 Å². The Morgan fingerprint density at radius 1 is 1.28 bits per heavy atom. The molecule has 1 aliphatic carbocycles. The number of ketones is 1. The van der Waals surface area contributed by atoms with Crippen molar-refractivity contribution < 1.29 is 19.0 Å². The smallest absolute Gasteiger partial charge is 0.163 e. The Morgan fingerprint density at radius 3 is 3.06 bits per heavy atom. The lowest BCUT2D eigenvalue weighted by molar-refractivity contribution is -0.101. The summed E-state index contributed by atoms with van der Waals surface area (Å²) in [5.41, 5.74) is 1.85. The van der Waals surface area contributed by atoms with Crippen LogP contribution < -0.4 is 4.74 Å². The second-order valence-electron chi connectivity index (χ2n) is 4.58. The zero-order valence-electron chi connectivity index (χ0n) is 10.2. The number of hydrogen-bond acceptors (Lipinski definition) is 4. The molecule has 1 fully saturated rings. The van der Waals surface area contributed by atoms with Crippen LogP contribution in [0.1, 0.15) is 22.3 Å². The molecule has 0 unspecified atom stereocenters. The van der Waals surface area contributed by atoms with Crippen LogP contribution in [-0.2, 0) is 15.9 Å². The van der Waals surface area contributed by atoms with Crippen molar-refractivity contribution in [3.05, 3.63) is 29.3 Å². The fourth-order valence-corrected chi connectivity index (χ4v) is 2.41. The molecule has 2 aliphatic rings. The van der Waals surface area contributed by atoms with Crippen molar-refractivity contribution in [1.82, 2.24) is 0 Å². The summed E-state index contributed by atoms with van der Waals surface area (Å²) in [5.74, 6) is 1.03. The number of hydrogen-bond donors (Lipinski definition) is 0. The van der Waals surface area contributed by atoms with Gasteiger partial charge in [-0.15, -0.1) is 0 Å². The first-order chi connectivity index (χ1) is 8.84. The van der Waals surface area contributed by atoms with Gasteiger partial charge in [-0.25, -0.2) is 0 Å². The monoisotopic (exact) mass is 248 g/mol. The van der Waals surface area contributed by atoms with Crippen LogP contribution >= 0.6 is 0 Å². The number of benzene rings is 1. The molecule has 1 aliphatic heterocycles. The first kappa shape index (κ1) is 11.7. The molecule has 1 aromatic carbocycles. The van der Waals surface area contributed by atoms with Gasteiger partial charge in [0.25, 0.3) is 0 Å². The number of Topliss-reactive ketones (excluding diaryl/α,β-unsaturated/α-hetero) is 1. The Morgan fingerprint density at radius 2 is 2.22 bits per heavy atom. The Bertz CT molecular complexity index is 449. The molecule has 0 saturated carbocycles. The lowest BCUT2D eigenvalue weighted by atomic mass is 10.1. The molecule has 1 heterocycles. The minimum absolute atomic E-state index is 0.00768. The SMILES string of the molecule is O=C1CCc2c(OC[C@H]3COCCO3)cccc21. The van der Waals surface area contributed by atoms with Gasteiger partial charge < -0.3 is 14.2 Å². The molecule has 3 rings (SSSR count). The van der Waals surface area contributed by atoms with E-state index >= 15 is 0 Å². The summed E-state index contributed by atoms with van der Waals surface area (Å²) in [6.07, 6.45) is 1.37. The lowest BCUT2D eigenvalue weighted by Gasteiger charge is -2.23. The number of carbonyl (C=O) groups excluding carboxylic acids is 1. The van der Waals surface area contributed by atoms with E-state index in [1.54, 1.807) is 0 Å². The van der Waals surface area contributed by atoms with Crippen LogP contribution in [0, 0.1) is 0 Å². The Hall–Kier alpha value is -1.39. The molecule has 0 radical (unpaired) electrons. The minimum Gasteiger partial charge on any atom is -0.490 e. The van der Waals surface area contributed by atoms with Crippen molar-refractivity contribution in [3.8, 4) is 5.75 Å². The minimum atomic E-state index is -0.00768. The number of ether oxygens (including phenoxy) is 3. The summed E-state index contributed by atoms with van der Waals surface area (Å²) in [7, 11) is 0. The summed E-state index contributed by atoms with van der Waals surface area (Å²) in [6, 6.07) is 5.66. The van der Waals surface area contributed by atoms with Gasteiger partial charge in [0, 0.05) is 17.5 Å². The summed E-state index contributed by atoms with van der Waals surface area (Å²) in [4.78, 5) is 11.6. The highest BCUT2D eigenvalue weighted by molar-refractivity contribution is 6.01. The molecule has 96 valence electrons. The van der Waals surface area contributed by atoms with Crippen molar-refractivity contribution in [2.75, 3.05) is 26.4 Å². The molecular weight excluding hydrogens is 232 g/mol. The molecule has 1 atom stereocenters. The van der Waals surface area contributed by atoms with Gasteiger partial charge in [0.15, 0.2) is 5.78 Å². The maximum Gasteiger partial charge on any atom is 0.163 e. The molecule has 4 heteroatoms. The van der Waals surface area contributed by atoms with Crippen LogP contribution in [0.4, 0.5) is 0 Å². The second kappa shape index (κ2) is 5.08. The highest BCUT2D eigenvalue weighted by atomic mass is 16.6. The third kappa shape index (κ3) is 2.26. The van der Waals surface area contributed by atoms with Crippen molar-refractivity contribution in [2.24, 2.45) is 0 Å². The highest BCUT2D eigenvalue weighted by Crippen LogP contribution is 2.30. The van der Waals surface area contributed by atoms with Gasteiger partial charge in [0.2, 0.25) is 0 Å². The molecule has 0 amide bonds. The maximum atomic E-state index is 11.6. The van der Waals surface area contributed by atoms with E-state index in [2.05, 4.69) is 0 Å². The number of fused-ring (bicyclic) bond motifs is 1. The fourth-order valence-electron chi connectivity index (χ4n) is 2.41. The highest BCUT2D eigenvalue weighted by Gasteiger charge is 2.23. The molecule has 0 bridgehead atoms. The van der Waals surface area contributed by atoms with Gasteiger partial charge in [0.05, 0.1) is 19.8 Å². The standard InChI is InChI=1S/C14H16O4/c15-13-5-4-12-11(13)2-1-3-14(12)18-9-10-8-16-6-7-17-10/h1-3,10H,4-9H2/t10-/m1/s1. The molecule has 0 spiro atoms. The van der Waals surface area contributed by atoms with Crippen LogP contribution in [0.2, 0.25) is 0 Å². The quantitative estimate of drug-likeness (QED) is 0.815. The average molecular weight is 248 g/mol. The van der Waals surface area contributed by atoms with E-state index in [0.29, 0.717) is 32.8 Å². The third-order valence-corrected chi connectivity index (χ3v) is 3.35. The van der Waals surface area contributed by atoms with Crippen molar-refractivity contribution >= 4 is 5.78 Å². The van der Waals surface area contributed by atoms with Gasteiger partial charge in [-0.1, -0.05) is 12.1 Å². The molecule has 4 nitrogen and oxygen atoms in total. The van der Waals surface area contributed by atoms with Crippen molar-refractivity contribution in [3.63, 3.8) is 0 Å². The maximum absolute atomic E-state index is 11.6. The van der Waals surface area contributed by atoms with E-state index in [0.717, 1.165) is 23.3 Å². The zero-order valence-corrected chi connectivity index (χ0v) is 10.2. The van der Waals surface area contributed by atoms with Gasteiger partial charge in [-0.05, 0) is 12.5 Å². The summed E-state index contributed by atoms with van der Waals surface area (Å²) in [5, 5.41) is 0. The van der Waals surface area contributed by atoms with Crippen molar-refractivity contribution in [2.45, 2.75) is 18.9 Å². The Balaban J connectivity index is 1.68. The van der Waals surface area contributed by atoms with E-state index in [4.69, 9.17) is 14.2 Å². The Labute approximate surface area is 106 Å². The molecule has 0 N–H and O–H groups in total. The zero-order chi connectivity index (χ0) is 12.4. The van der Waals surface area contributed by atoms with Crippen LogP contribution in [0.15, 0.2) is 18.2 Å². The fraction of sp³-hybridized carbons (Fsp3) is 0.500. The summed E-state index contributed by atoms with van der Waals surface area (Å²) >= 11 is 0. The first-order valence-corrected chi connectivity index (χ1v) is 6.32. The topological polar surface area (TPSA) is 44.8 Å². The molecule has 18 heavy (non-hydrogen) atoms.